The molecule has 1 aromatic carbocycles. The molecular formula is C14H21F2NO3. The van der Waals surface area contributed by atoms with E-state index in [-0.39, 0.29) is 18.1 Å². The fourth-order valence-electron chi connectivity index (χ4n) is 1.69. The summed E-state index contributed by atoms with van der Waals surface area (Å²) in [5.41, 5.74) is 0.0864. The van der Waals surface area contributed by atoms with Crippen LogP contribution < -0.4 is 14.8 Å². The molecule has 0 aliphatic rings. The van der Waals surface area contributed by atoms with Gasteiger partial charge in [-0.15, -0.1) is 0 Å². The average Bonchev–Trinajstić information content (AvgIpc) is 2.45. The number of para-hydroxylation sites is 1. The van der Waals surface area contributed by atoms with E-state index >= 15 is 0 Å². The molecule has 0 aliphatic heterocycles. The second-order valence-electron chi connectivity index (χ2n) is 4.75. The Kier molecular flexibility index (Phi) is 6.16. The molecule has 114 valence electrons. The monoisotopic (exact) mass is 289 g/mol. The maximum atomic E-state index is 12.5. The van der Waals surface area contributed by atoms with Gasteiger partial charge in [-0.3, -0.25) is 0 Å². The SMILES string of the molecule is CCC(C)(CO)NCc1cccc(OC)c1OC(F)F. The highest BCUT2D eigenvalue weighted by atomic mass is 19.3. The number of rotatable bonds is 8. The summed E-state index contributed by atoms with van der Waals surface area (Å²) in [6, 6.07) is 4.95. The lowest BCUT2D eigenvalue weighted by atomic mass is 9.99. The van der Waals surface area contributed by atoms with Gasteiger partial charge in [0.1, 0.15) is 0 Å². The van der Waals surface area contributed by atoms with Crippen LogP contribution in [-0.4, -0.2) is 31.0 Å². The Morgan fingerprint density at radius 1 is 1.40 bits per heavy atom. The fourth-order valence-corrected chi connectivity index (χ4v) is 1.69. The molecule has 1 atom stereocenters. The average molecular weight is 289 g/mol. The molecule has 6 heteroatoms. The van der Waals surface area contributed by atoms with E-state index in [4.69, 9.17) is 4.74 Å². The van der Waals surface area contributed by atoms with Crippen LogP contribution in [0.3, 0.4) is 0 Å². The van der Waals surface area contributed by atoms with Crippen molar-refractivity contribution in [2.45, 2.75) is 39.0 Å². The number of benzene rings is 1. The van der Waals surface area contributed by atoms with E-state index < -0.39 is 12.2 Å². The Labute approximate surface area is 117 Å². The van der Waals surface area contributed by atoms with Gasteiger partial charge in [0, 0.05) is 17.6 Å². The quantitative estimate of drug-likeness (QED) is 0.772. The molecule has 0 amide bonds. The van der Waals surface area contributed by atoms with Crippen molar-refractivity contribution in [1.82, 2.24) is 5.32 Å². The van der Waals surface area contributed by atoms with Gasteiger partial charge in [-0.25, -0.2) is 0 Å². The number of halogens is 2. The summed E-state index contributed by atoms with van der Waals surface area (Å²) in [5.74, 6) is 0.278. The van der Waals surface area contributed by atoms with E-state index in [0.29, 0.717) is 18.5 Å². The van der Waals surface area contributed by atoms with Crippen LogP contribution in [0.4, 0.5) is 8.78 Å². The number of methoxy groups -OCH3 is 1. The van der Waals surface area contributed by atoms with Crippen molar-refractivity contribution < 1.29 is 23.4 Å². The maximum absolute atomic E-state index is 12.5. The molecule has 0 spiro atoms. The molecule has 1 aromatic rings. The lowest BCUT2D eigenvalue weighted by Crippen LogP contribution is -2.44. The molecule has 0 heterocycles. The molecular weight excluding hydrogens is 268 g/mol. The van der Waals surface area contributed by atoms with Gasteiger partial charge in [-0.05, 0) is 19.4 Å². The Hall–Kier alpha value is -1.40. The number of ether oxygens (including phenoxy) is 2. The highest BCUT2D eigenvalue weighted by Gasteiger charge is 2.22. The van der Waals surface area contributed by atoms with E-state index in [1.165, 1.54) is 7.11 Å². The zero-order chi connectivity index (χ0) is 15.2. The first kappa shape index (κ1) is 16.7. The van der Waals surface area contributed by atoms with Gasteiger partial charge in [0.2, 0.25) is 0 Å². The highest BCUT2D eigenvalue weighted by molar-refractivity contribution is 5.46. The maximum Gasteiger partial charge on any atom is 0.387 e. The van der Waals surface area contributed by atoms with Crippen LogP contribution in [0.15, 0.2) is 18.2 Å². The number of hydrogen-bond donors (Lipinski definition) is 2. The third kappa shape index (κ3) is 4.31. The molecule has 0 aliphatic carbocycles. The number of alkyl halides is 2. The second kappa shape index (κ2) is 7.40. The molecule has 0 saturated carbocycles. The zero-order valence-electron chi connectivity index (χ0n) is 12.0. The topological polar surface area (TPSA) is 50.7 Å². The van der Waals surface area contributed by atoms with Crippen molar-refractivity contribution in [2.24, 2.45) is 0 Å². The van der Waals surface area contributed by atoms with E-state index in [2.05, 4.69) is 10.1 Å². The van der Waals surface area contributed by atoms with Gasteiger partial charge in [0.25, 0.3) is 0 Å². The Morgan fingerprint density at radius 2 is 2.10 bits per heavy atom. The molecule has 4 nitrogen and oxygen atoms in total. The van der Waals surface area contributed by atoms with E-state index in [1.54, 1.807) is 18.2 Å². The summed E-state index contributed by atoms with van der Waals surface area (Å²) >= 11 is 0. The van der Waals surface area contributed by atoms with Crippen LogP contribution in [0, 0.1) is 0 Å². The summed E-state index contributed by atoms with van der Waals surface area (Å²) in [6.45, 7) is 1.13. The van der Waals surface area contributed by atoms with E-state index in [1.807, 2.05) is 13.8 Å². The second-order valence-corrected chi connectivity index (χ2v) is 4.75. The molecule has 1 rings (SSSR count). The van der Waals surface area contributed by atoms with Crippen molar-refractivity contribution in [1.29, 1.82) is 0 Å². The van der Waals surface area contributed by atoms with E-state index in [0.717, 1.165) is 0 Å². The Morgan fingerprint density at radius 3 is 2.60 bits per heavy atom. The van der Waals surface area contributed by atoms with Crippen LogP contribution in [-0.2, 0) is 6.54 Å². The normalized spacial score (nSPS) is 14.2. The predicted molar refractivity (Wildman–Crippen MR) is 72.2 cm³/mol. The molecule has 0 radical (unpaired) electrons. The summed E-state index contributed by atoms with van der Waals surface area (Å²) in [6.07, 6.45) is 0.707. The standard InChI is InChI=1S/C14H21F2NO3/c1-4-14(2,9-18)17-8-10-6-5-7-11(19-3)12(10)20-13(15)16/h5-7,13,17-18H,4,8-9H2,1-3H3. The molecule has 0 saturated heterocycles. The lowest BCUT2D eigenvalue weighted by molar-refractivity contribution is -0.0519. The number of hydrogen-bond acceptors (Lipinski definition) is 4. The minimum atomic E-state index is -2.92. The lowest BCUT2D eigenvalue weighted by Gasteiger charge is -2.28. The Bertz CT molecular complexity index is 423. The fraction of sp³-hybridized carbons (Fsp3) is 0.571. The van der Waals surface area contributed by atoms with Gasteiger partial charge < -0.3 is 19.9 Å². The van der Waals surface area contributed by atoms with Crippen LogP contribution in [0.25, 0.3) is 0 Å². The number of aliphatic hydroxyl groups is 1. The molecule has 2 N–H and O–H groups in total. The Balaban J connectivity index is 2.93. The largest absolute Gasteiger partial charge is 0.493 e. The molecule has 0 bridgehead atoms. The van der Waals surface area contributed by atoms with Gasteiger partial charge >= 0.3 is 6.61 Å². The van der Waals surface area contributed by atoms with Crippen molar-refractivity contribution in [3.63, 3.8) is 0 Å². The predicted octanol–water partition coefficient (Wildman–Crippen LogP) is 2.55. The molecule has 0 fully saturated rings. The third-order valence-corrected chi connectivity index (χ3v) is 3.32. The number of nitrogens with one attached hydrogen (secondary N) is 1. The molecule has 20 heavy (non-hydrogen) atoms. The van der Waals surface area contributed by atoms with Gasteiger partial charge in [0.15, 0.2) is 11.5 Å². The number of aliphatic hydroxyl groups excluding tert-OH is 1. The zero-order valence-corrected chi connectivity index (χ0v) is 12.0. The van der Waals surface area contributed by atoms with Crippen molar-refractivity contribution in [3.05, 3.63) is 23.8 Å². The van der Waals surface area contributed by atoms with Crippen molar-refractivity contribution >= 4 is 0 Å². The highest BCUT2D eigenvalue weighted by Crippen LogP contribution is 2.32. The van der Waals surface area contributed by atoms with E-state index in [9.17, 15) is 13.9 Å². The van der Waals surface area contributed by atoms with Crippen molar-refractivity contribution in [2.75, 3.05) is 13.7 Å². The first-order chi connectivity index (χ1) is 9.45. The van der Waals surface area contributed by atoms with Crippen LogP contribution in [0.2, 0.25) is 0 Å². The minimum Gasteiger partial charge on any atom is -0.493 e. The van der Waals surface area contributed by atoms with Crippen LogP contribution in [0.5, 0.6) is 11.5 Å². The summed E-state index contributed by atoms with van der Waals surface area (Å²) < 4.78 is 34.5. The van der Waals surface area contributed by atoms with Gasteiger partial charge in [-0.2, -0.15) is 8.78 Å². The molecule has 0 aromatic heterocycles. The third-order valence-electron chi connectivity index (χ3n) is 3.32. The van der Waals surface area contributed by atoms with Crippen molar-refractivity contribution in [3.8, 4) is 11.5 Å². The first-order valence-electron chi connectivity index (χ1n) is 6.42. The summed E-state index contributed by atoms with van der Waals surface area (Å²) in [7, 11) is 1.40. The summed E-state index contributed by atoms with van der Waals surface area (Å²) in [4.78, 5) is 0. The van der Waals surface area contributed by atoms with Crippen LogP contribution in [0.1, 0.15) is 25.8 Å². The molecule has 1 unspecified atom stereocenters. The van der Waals surface area contributed by atoms with Crippen LogP contribution >= 0.6 is 0 Å². The smallest absolute Gasteiger partial charge is 0.387 e. The van der Waals surface area contributed by atoms with Gasteiger partial charge in [-0.1, -0.05) is 19.1 Å². The van der Waals surface area contributed by atoms with Gasteiger partial charge in [0.05, 0.1) is 13.7 Å². The summed E-state index contributed by atoms with van der Waals surface area (Å²) in [5, 5.41) is 12.5. The first-order valence-corrected chi connectivity index (χ1v) is 6.42. The minimum absolute atomic E-state index is 0.0221.